The molecule has 0 bridgehead atoms. The van der Waals surface area contributed by atoms with Crippen molar-refractivity contribution >= 4 is 33.4 Å². The summed E-state index contributed by atoms with van der Waals surface area (Å²) in [7, 11) is -3.27. The quantitative estimate of drug-likeness (QED) is 0.839. The number of nitrogens with zero attached hydrogens (tertiary/aromatic N) is 3. The van der Waals surface area contributed by atoms with Gasteiger partial charge in [0.05, 0.1) is 23.2 Å². The molecule has 2 aliphatic heterocycles. The van der Waals surface area contributed by atoms with E-state index in [0.29, 0.717) is 11.1 Å². The van der Waals surface area contributed by atoms with Gasteiger partial charge in [0.1, 0.15) is 11.6 Å². The second-order valence-corrected chi connectivity index (χ2v) is 9.18. The molecule has 1 saturated heterocycles. The van der Waals surface area contributed by atoms with Gasteiger partial charge in [0.2, 0.25) is 5.88 Å². The molecule has 1 fully saturated rings. The smallest absolute Gasteiger partial charge is 0.271 e. The number of sulfone groups is 1. The van der Waals surface area contributed by atoms with Crippen LogP contribution in [-0.4, -0.2) is 35.8 Å². The third-order valence-electron chi connectivity index (χ3n) is 5.22. The van der Waals surface area contributed by atoms with Gasteiger partial charge in [0.25, 0.3) is 5.56 Å². The van der Waals surface area contributed by atoms with Gasteiger partial charge in [-0.15, -0.1) is 0 Å². The van der Waals surface area contributed by atoms with E-state index in [1.807, 2.05) is 30.3 Å². The first kappa shape index (κ1) is 18.2. The molecule has 0 spiro atoms. The van der Waals surface area contributed by atoms with Crippen molar-refractivity contribution in [2.45, 2.75) is 19.4 Å². The Kier molecular flexibility index (Phi) is 4.20. The maximum Gasteiger partial charge on any atom is 0.271 e. The summed E-state index contributed by atoms with van der Waals surface area (Å²) >= 11 is 0. The maximum absolute atomic E-state index is 12.8. The molecular formula is C20H17N3O4S. The number of fused-ring (bicyclic) bond motifs is 1. The molecule has 7 nitrogen and oxygen atoms in total. The molecule has 8 heteroatoms. The topological polar surface area (TPSA) is 113 Å². The zero-order valence-electron chi connectivity index (χ0n) is 15.1. The van der Waals surface area contributed by atoms with Crippen LogP contribution >= 0.6 is 0 Å². The number of para-hydroxylation sites is 1. The van der Waals surface area contributed by atoms with Crippen LogP contribution in [0.25, 0.3) is 11.6 Å². The summed E-state index contributed by atoms with van der Waals surface area (Å²) < 4.78 is 24.8. The fraction of sp³-hybridized carbons (Fsp3) is 0.250. The lowest BCUT2D eigenvalue weighted by molar-refractivity contribution is 0.378. The Morgan fingerprint density at radius 1 is 1.36 bits per heavy atom. The van der Waals surface area contributed by atoms with Crippen LogP contribution in [-0.2, 0) is 9.84 Å². The van der Waals surface area contributed by atoms with Gasteiger partial charge in [0, 0.05) is 22.9 Å². The minimum absolute atomic E-state index is 0.0459. The fourth-order valence-corrected chi connectivity index (χ4v) is 5.44. The Balaban J connectivity index is 1.93. The number of benzene rings is 1. The van der Waals surface area contributed by atoms with E-state index in [-0.39, 0.29) is 29.4 Å². The molecule has 3 heterocycles. The third kappa shape index (κ3) is 2.84. The first-order chi connectivity index (χ1) is 13.3. The molecule has 0 radical (unpaired) electrons. The SMILES string of the molecule is Cc1c(C=C2C=Nc3ccccc32)c(O)n(C2CCS(=O)(=O)C2)c(=O)c1C#N. The number of aliphatic imine (C=N–C) groups is 1. The Bertz CT molecular complexity index is 1260. The van der Waals surface area contributed by atoms with Crippen molar-refractivity contribution in [1.82, 2.24) is 4.57 Å². The molecule has 0 amide bonds. The number of pyridine rings is 1. The van der Waals surface area contributed by atoms with E-state index in [0.717, 1.165) is 21.4 Å². The molecule has 2 aromatic rings. The second-order valence-electron chi connectivity index (χ2n) is 6.96. The molecular weight excluding hydrogens is 378 g/mol. The van der Waals surface area contributed by atoms with Gasteiger partial charge >= 0.3 is 0 Å². The van der Waals surface area contributed by atoms with Crippen molar-refractivity contribution < 1.29 is 13.5 Å². The van der Waals surface area contributed by atoms with E-state index in [4.69, 9.17) is 0 Å². The molecule has 1 N–H and O–H groups in total. The summed E-state index contributed by atoms with van der Waals surface area (Å²) in [5.74, 6) is -0.598. The summed E-state index contributed by atoms with van der Waals surface area (Å²) in [6, 6.07) is 8.72. The monoisotopic (exact) mass is 395 g/mol. The van der Waals surface area contributed by atoms with Crippen LogP contribution in [0.2, 0.25) is 0 Å². The summed E-state index contributed by atoms with van der Waals surface area (Å²) in [4.78, 5) is 17.1. The standard InChI is InChI=1S/C20H17N3O4S/c1-12-16(8-13-10-22-18-5-3-2-4-15(13)18)19(24)23(20(25)17(12)9-21)14-6-7-28(26,27)11-14/h2-5,8,10,14,24H,6-7,11H2,1H3. The van der Waals surface area contributed by atoms with Gasteiger partial charge in [-0.2, -0.15) is 5.26 Å². The molecule has 0 aliphatic carbocycles. The lowest BCUT2D eigenvalue weighted by Gasteiger charge is -2.18. The zero-order chi connectivity index (χ0) is 20.1. The highest BCUT2D eigenvalue weighted by Gasteiger charge is 2.33. The summed E-state index contributed by atoms with van der Waals surface area (Å²) in [5, 5.41) is 20.4. The summed E-state index contributed by atoms with van der Waals surface area (Å²) in [5.41, 5.74) is 2.31. The van der Waals surface area contributed by atoms with Crippen LogP contribution in [0.1, 0.15) is 34.7 Å². The van der Waals surface area contributed by atoms with Crippen molar-refractivity contribution in [3.05, 3.63) is 56.9 Å². The molecule has 28 heavy (non-hydrogen) atoms. The Morgan fingerprint density at radius 2 is 2.11 bits per heavy atom. The predicted octanol–water partition coefficient (Wildman–Crippen LogP) is 2.35. The third-order valence-corrected chi connectivity index (χ3v) is 6.97. The van der Waals surface area contributed by atoms with Crippen LogP contribution in [0.15, 0.2) is 34.1 Å². The number of allylic oxidation sites excluding steroid dienone is 1. The maximum atomic E-state index is 12.8. The Hall–Kier alpha value is -3.18. The number of aromatic nitrogens is 1. The number of hydrogen-bond acceptors (Lipinski definition) is 6. The van der Waals surface area contributed by atoms with Gasteiger partial charge in [-0.05, 0) is 31.1 Å². The Morgan fingerprint density at radius 3 is 2.79 bits per heavy atom. The largest absolute Gasteiger partial charge is 0.494 e. The van der Waals surface area contributed by atoms with Crippen LogP contribution in [0, 0.1) is 18.3 Å². The van der Waals surface area contributed by atoms with Gasteiger partial charge in [0.15, 0.2) is 9.84 Å². The average Bonchev–Trinajstić information content (AvgIpc) is 3.22. The van der Waals surface area contributed by atoms with Crippen molar-refractivity contribution in [2.24, 2.45) is 4.99 Å². The van der Waals surface area contributed by atoms with E-state index >= 15 is 0 Å². The summed E-state index contributed by atoms with van der Waals surface area (Å²) in [6.45, 7) is 1.60. The molecule has 0 saturated carbocycles. The van der Waals surface area contributed by atoms with Gasteiger partial charge in [-0.25, -0.2) is 8.42 Å². The van der Waals surface area contributed by atoms with Crippen molar-refractivity contribution in [3.8, 4) is 11.9 Å². The first-order valence-electron chi connectivity index (χ1n) is 8.76. The highest BCUT2D eigenvalue weighted by molar-refractivity contribution is 7.91. The predicted molar refractivity (Wildman–Crippen MR) is 107 cm³/mol. The van der Waals surface area contributed by atoms with Crippen molar-refractivity contribution in [3.63, 3.8) is 0 Å². The van der Waals surface area contributed by atoms with Crippen molar-refractivity contribution in [1.29, 1.82) is 5.26 Å². The lowest BCUT2D eigenvalue weighted by atomic mass is 9.99. The van der Waals surface area contributed by atoms with E-state index in [1.165, 1.54) is 0 Å². The molecule has 1 aromatic carbocycles. The molecule has 142 valence electrons. The van der Waals surface area contributed by atoms with Crippen LogP contribution < -0.4 is 5.56 Å². The minimum Gasteiger partial charge on any atom is -0.494 e. The van der Waals surface area contributed by atoms with Gasteiger partial charge in [-0.3, -0.25) is 14.4 Å². The number of rotatable bonds is 2. The normalized spacial score (nSPS) is 21.0. The van der Waals surface area contributed by atoms with E-state index in [9.17, 15) is 23.6 Å². The van der Waals surface area contributed by atoms with Crippen LogP contribution in [0.5, 0.6) is 5.88 Å². The number of hydrogen-bond donors (Lipinski definition) is 1. The molecule has 1 atom stereocenters. The molecule has 2 aliphatic rings. The van der Waals surface area contributed by atoms with Gasteiger partial charge < -0.3 is 5.11 Å². The van der Waals surface area contributed by atoms with Gasteiger partial charge in [-0.1, -0.05) is 18.2 Å². The molecule has 1 unspecified atom stereocenters. The molecule has 4 rings (SSSR count). The number of nitriles is 1. The van der Waals surface area contributed by atoms with Crippen LogP contribution in [0.4, 0.5) is 5.69 Å². The van der Waals surface area contributed by atoms with E-state index < -0.39 is 21.4 Å². The van der Waals surface area contributed by atoms with Crippen LogP contribution in [0.3, 0.4) is 0 Å². The number of aromatic hydroxyl groups is 1. The summed E-state index contributed by atoms with van der Waals surface area (Å²) in [6.07, 6.45) is 3.56. The average molecular weight is 395 g/mol. The fourth-order valence-electron chi connectivity index (χ4n) is 3.74. The highest BCUT2D eigenvalue weighted by Crippen LogP contribution is 2.36. The Labute approximate surface area is 161 Å². The molecule has 1 aromatic heterocycles. The van der Waals surface area contributed by atoms with E-state index in [1.54, 1.807) is 19.2 Å². The zero-order valence-corrected chi connectivity index (χ0v) is 15.9. The van der Waals surface area contributed by atoms with E-state index in [2.05, 4.69) is 4.99 Å². The minimum atomic E-state index is -3.27. The highest BCUT2D eigenvalue weighted by atomic mass is 32.2. The lowest BCUT2D eigenvalue weighted by Crippen LogP contribution is -2.29. The second kappa shape index (κ2) is 6.46. The van der Waals surface area contributed by atoms with Crippen molar-refractivity contribution in [2.75, 3.05) is 11.5 Å². The first-order valence-corrected chi connectivity index (χ1v) is 10.6.